The number of hydrogen-bond acceptors (Lipinski definition) is 2. The number of rotatable bonds is 5. The van der Waals surface area contributed by atoms with E-state index in [-0.39, 0.29) is 0 Å². The predicted octanol–water partition coefficient (Wildman–Crippen LogP) is 3.29. The zero-order valence-corrected chi connectivity index (χ0v) is 9.46. The topological polar surface area (TPSA) is 12.4 Å². The van der Waals surface area contributed by atoms with Crippen molar-refractivity contribution in [1.82, 2.24) is 0 Å². The van der Waals surface area contributed by atoms with Gasteiger partial charge in [-0.2, -0.15) is 0 Å². The van der Waals surface area contributed by atoms with Gasteiger partial charge >= 0.3 is 0 Å². The zero-order valence-electron chi connectivity index (χ0n) is 7.06. The summed E-state index contributed by atoms with van der Waals surface area (Å²) in [4.78, 5) is 3.86. The van der Waals surface area contributed by atoms with Crippen molar-refractivity contribution in [2.45, 2.75) is 26.7 Å². The summed E-state index contributed by atoms with van der Waals surface area (Å²) in [5.41, 5.74) is 0.386. The molecule has 0 amide bonds. The van der Waals surface area contributed by atoms with E-state index in [4.69, 9.17) is 0 Å². The first-order chi connectivity index (χ1) is 5.12. The molecule has 0 spiro atoms. The van der Waals surface area contributed by atoms with Crippen molar-refractivity contribution in [2.24, 2.45) is 10.4 Å². The molecule has 1 nitrogen and oxygen atoms in total. The Hall–Kier alpha value is 0.280. The van der Waals surface area contributed by atoms with Gasteiger partial charge in [0, 0.05) is 11.9 Å². The van der Waals surface area contributed by atoms with Gasteiger partial charge in [-0.3, -0.25) is 0 Å². The molecule has 0 aromatic rings. The lowest BCUT2D eigenvalue weighted by Gasteiger charge is -2.20. The molecule has 11 heavy (non-hydrogen) atoms. The van der Waals surface area contributed by atoms with E-state index in [1.165, 1.54) is 6.42 Å². The molecule has 0 radical (unpaired) electrons. The normalized spacial score (nSPS) is 10.8. The lowest BCUT2D eigenvalue weighted by atomic mass is 9.90. The maximum atomic E-state index is 4.46. The van der Waals surface area contributed by atoms with E-state index in [1.807, 2.05) is 0 Å². The van der Waals surface area contributed by atoms with Crippen LogP contribution in [0.3, 0.4) is 0 Å². The van der Waals surface area contributed by atoms with E-state index in [2.05, 4.69) is 52.1 Å². The summed E-state index contributed by atoms with van der Waals surface area (Å²) in [5, 5.41) is 3.41. The van der Waals surface area contributed by atoms with Gasteiger partial charge < -0.3 is 0 Å². The molecule has 0 aliphatic heterocycles. The van der Waals surface area contributed by atoms with E-state index in [0.717, 1.165) is 18.3 Å². The summed E-state index contributed by atoms with van der Waals surface area (Å²) in [7, 11) is 0. The Morgan fingerprint density at radius 3 is 2.64 bits per heavy atom. The summed E-state index contributed by atoms with van der Waals surface area (Å²) < 4.78 is 0. The van der Waals surface area contributed by atoms with Crippen LogP contribution in [0.5, 0.6) is 0 Å². The standard InChI is InChI=1S/C8H14BrNS/c1-8(2,6-9)4-3-5-10-7-11/h3-6H2,1-2H3. The monoisotopic (exact) mass is 235 g/mol. The van der Waals surface area contributed by atoms with Crippen LogP contribution in [0.2, 0.25) is 0 Å². The first-order valence-electron chi connectivity index (χ1n) is 3.72. The van der Waals surface area contributed by atoms with Crippen LogP contribution in [-0.2, 0) is 0 Å². The first kappa shape index (κ1) is 11.3. The molecule has 0 aliphatic rings. The van der Waals surface area contributed by atoms with Crippen LogP contribution in [0.1, 0.15) is 26.7 Å². The van der Waals surface area contributed by atoms with E-state index >= 15 is 0 Å². The van der Waals surface area contributed by atoms with Crippen LogP contribution in [-0.4, -0.2) is 17.0 Å². The minimum Gasteiger partial charge on any atom is -0.233 e. The predicted molar refractivity (Wildman–Crippen MR) is 56.7 cm³/mol. The maximum absolute atomic E-state index is 4.46. The zero-order chi connectivity index (χ0) is 8.74. The fourth-order valence-electron chi connectivity index (χ4n) is 0.749. The molecule has 0 atom stereocenters. The van der Waals surface area contributed by atoms with Crippen molar-refractivity contribution in [3.63, 3.8) is 0 Å². The first-order valence-corrected chi connectivity index (χ1v) is 5.25. The largest absolute Gasteiger partial charge is 0.233 e. The van der Waals surface area contributed by atoms with Gasteiger partial charge in [0.25, 0.3) is 0 Å². The van der Waals surface area contributed by atoms with Gasteiger partial charge in [-0.05, 0) is 30.5 Å². The number of isothiocyanates is 1. The molecule has 0 unspecified atom stereocenters. The van der Waals surface area contributed by atoms with Crippen molar-refractivity contribution in [3.8, 4) is 0 Å². The summed E-state index contributed by atoms with van der Waals surface area (Å²) in [6.07, 6.45) is 2.28. The van der Waals surface area contributed by atoms with Crippen LogP contribution in [0.25, 0.3) is 0 Å². The van der Waals surface area contributed by atoms with E-state index in [0.29, 0.717) is 5.41 Å². The Bertz CT molecular complexity index is 150. The Morgan fingerprint density at radius 2 is 2.18 bits per heavy atom. The number of hydrogen-bond donors (Lipinski definition) is 0. The minimum atomic E-state index is 0.386. The summed E-state index contributed by atoms with van der Waals surface area (Å²) in [5.74, 6) is 0. The molecule has 0 rings (SSSR count). The average molecular weight is 236 g/mol. The number of alkyl halides is 1. The van der Waals surface area contributed by atoms with Crippen molar-refractivity contribution in [2.75, 3.05) is 11.9 Å². The molecular weight excluding hydrogens is 222 g/mol. The molecule has 0 saturated heterocycles. The Labute approximate surface area is 82.4 Å². The highest BCUT2D eigenvalue weighted by molar-refractivity contribution is 9.09. The van der Waals surface area contributed by atoms with Crippen LogP contribution in [0.4, 0.5) is 0 Å². The van der Waals surface area contributed by atoms with Gasteiger partial charge in [0.15, 0.2) is 0 Å². The molecule has 0 aliphatic carbocycles. The van der Waals surface area contributed by atoms with E-state index < -0.39 is 0 Å². The molecule has 0 heterocycles. The third-order valence-electron chi connectivity index (χ3n) is 1.55. The Balaban J connectivity index is 3.45. The Morgan fingerprint density at radius 1 is 1.55 bits per heavy atom. The molecule has 0 fully saturated rings. The molecule has 0 aromatic carbocycles. The third kappa shape index (κ3) is 6.67. The SMILES string of the molecule is CC(C)(CBr)CCCN=C=S. The van der Waals surface area contributed by atoms with Gasteiger partial charge in [-0.15, -0.1) is 0 Å². The number of halogens is 1. The molecule has 0 bridgehead atoms. The van der Waals surface area contributed by atoms with Crippen LogP contribution in [0.15, 0.2) is 4.99 Å². The lowest BCUT2D eigenvalue weighted by molar-refractivity contribution is 0.380. The molecule has 64 valence electrons. The number of aliphatic imine (C=N–C) groups is 1. The van der Waals surface area contributed by atoms with E-state index in [1.54, 1.807) is 0 Å². The second kappa shape index (κ2) is 5.87. The molecular formula is C8H14BrNS. The highest BCUT2D eigenvalue weighted by Gasteiger charge is 2.14. The highest BCUT2D eigenvalue weighted by atomic mass is 79.9. The second-order valence-corrected chi connectivity index (χ2v) is 4.12. The fraction of sp³-hybridized carbons (Fsp3) is 0.875. The Kier molecular flexibility index (Phi) is 6.02. The molecule has 0 saturated carbocycles. The summed E-state index contributed by atoms with van der Waals surface area (Å²) in [6.45, 7) is 5.30. The molecule has 0 aromatic heterocycles. The quantitative estimate of drug-likeness (QED) is 0.309. The van der Waals surface area contributed by atoms with Crippen molar-refractivity contribution >= 4 is 33.3 Å². The van der Waals surface area contributed by atoms with E-state index in [9.17, 15) is 0 Å². The maximum Gasteiger partial charge on any atom is 0.0584 e. The van der Waals surface area contributed by atoms with Gasteiger partial charge in [-0.1, -0.05) is 29.8 Å². The minimum absolute atomic E-state index is 0.386. The van der Waals surface area contributed by atoms with Crippen LogP contribution in [0, 0.1) is 5.41 Å². The fourth-order valence-corrected chi connectivity index (χ4v) is 1.12. The number of thiocarbonyl (C=S) groups is 1. The van der Waals surface area contributed by atoms with Gasteiger partial charge in [-0.25, -0.2) is 4.99 Å². The summed E-state index contributed by atoms with van der Waals surface area (Å²) in [6, 6.07) is 0. The van der Waals surface area contributed by atoms with Crippen molar-refractivity contribution in [3.05, 3.63) is 0 Å². The number of nitrogens with zero attached hydrogens (tertiary/aromatic N) is 1. The van der Waals surface area contributed by atoms with Crippen LogP contribution >= 0.6 is 28.1 Å². The van der Waals surface area contributed by atoms with Crippen molar-refractivity contribution < 1.29 is 0 Å². The third-order valence-corrected chi connectivity index (χ3v) is 3.20. The molecule has 3 heteroatoms. The van der Waals surface area contributed by atoms with Crippen LogP contribution < -0.4 is 0 Å². The second-order valence-electron chi connectivity index (χ2n) is 3.37. The highest BCUT2D eigenvalue weighted by Crippen LogP contribution is 2.24. The van der Waals surface area contributed by atoms with Crippen molar-refractivity contribution in [1.29, 1.82) is 0 Å². The summed E-state index contributed by atoms with van der Waals surface area (Å²) >= 11 is 7.93. The smallest absolute Gasteiger partial charge is 0.0584 e. The van der Waals surface area contributed by atoms with Gasteiger partial charge in [0.1, 0.15) is 0 Å². The average Bonchev–Trinajstić information content (AvgIpc) is 1.99. The lowest BCUT2D eigenvalue weighted by Crippen LogP contribution is -2.12. The van der Waals surface area contributed by atoms with Gasteiger partial charge in [0.2, 0.25) is 0 Å². The molecule has 0 N–H and O–H groups in total. The van der Waals surface area contributed by atoms with Gasteiger partial charge in [0.05, 0.1) is 5.16 Å².